The van der Waals surface area contributed by atoms with E-state index in [9.17, 15) is 4.79 Å². The molecule has 0 radical (unpaired) electrons. The summed E-state index contributed by atoms with van der Waals surface area (Å²) < 4.78 is 10.3. The molecule has 0 rings (SSSR count). The molecule has 0 aliphatic heterocycles. The van der Waals surface area contributed by atoms with Crippen LogP contribution in [-0.2, 0) is 14.3 Å². The third kappa shape index (κ3) is 9.06. The molecule has 0 aromatic carbocycles. The van der Waals surface area contributed by atoms with Crippen molar-refractivity contribution in [2.75, 3.05) is 40.5 Å². The maximum Gasteiger partial charge on any atom is 0.222 e. The second-order valence-corrected chi connectivity index (χ2v) is 5.66. The van der Waals surface area contributed by atoms with Crippen LogP contribution in [-0.4, -0.2) is 57.4 Å². The molecule has 5 heteroatoms. The minimum atomic E-state index is 0.0804. The normalized spacial score (nSPS) is 14.0. The van der Waals surface area contributed by atoms with E-state index in [1.165, 1.54) is 0 Å². The van der Waals surface area contributed by atoms with E-state index in [2.05, 4.69) is 6.92 Å². The van der Waals surface area contributed by atoms with Crippen molar-refractivity contribution in [3.05, 3.63) is 0 Å². The zero-order chi connectivity index (χ0) is 16.1. The largest absolute Gasteiger partial charge is 0.383 e. The molecule has 2 N–H and O–H groups in total. The predicted molar refractivity (Wildman–Crippen MR) is 86.2 cm³/mol. The lowest BCUT2D eigenvalue weighted by Crippen LogP contribution is -2.43. The van der Waals surface area contributed by atoms with Crippen LogP contribution in [0.4, 0.5) is 0 Å². The van der Waals surface area contributed by atoms with Gasteiger partial charge in [-0.1, -0.05) is 19.8 Å². The molecular weight excluding hydrogens is 268 g/mol. The average Bonchev–Trinajstić information content (AvgIpc) is 2.46. The SMILES string of the molecule is CCCC(CCN)CCC(=O)N(CCOC)C(C)COC. The van der Waals surface area contributed by atoms with Gasteiger partial charge in [-0.05, 0) is 32.2 Å². The highest BCUT2D eigenvalue weighted by Gasteiger charge is 2.20. The fourth-order valence-electron chi connectivity index (χ4n) is 2.66. The molecule has 0 aliphatic rings. The summed E-state index contributed by atoms with van der Waals surface area (Å²) in [5, 5.41) is 0. The van der Waals surface area contributed by atoms with Crippen LogP contribution in [0.3, 0.4) is 0 Å². The Hall–Kier alpha value is -0.650. The van der Waals surface area contributed by atoms with Gasteiger partial charge in [0.15, 0.2) is 0 Å². The second-order valence-electron chi connectivity index (χ2n) is 5.66. The summed E-state index contributed by atoms with van der Waals surface area (Å²) in [5.41, 5.74) is 5.65. The van der Waals surface area contributed by atoms with Gasteiger partial charge in [-0.15, -0.1) is 0 Å². The zero-order valence-electron chi connectivity index (χ0n) is 14.3. The van der Waals surface area contributed by atoms with Crippen LogP contribution in [0.1, 0.15) is 46.0 Å². The van der Waals surface area contributed by atoms with Crippen molar-refractivity contribution in [3.63, 3.8) is 0 Å². The lowest BCUT2D eigenvalue weighted by atomic mass is 9.94. The van der Waals surface area contributed by atoms with Gasteiger partial charge in [0, 0.05) is 27.2 Å². The molecule has 0 aromatic heterocycles. The van der Waals surface area contributed by atoms with Gasteiger partial charge in [0.05, 0.1) is 19.3 Å². The third-order valence-corrected chi connectivity index (χ3v) is 3.83. The highest BCUT2D eigenvalue weighted by atomic mass is 16.5. The van der Waals surface area contributed by atoms with E-state index in [1.807, 2.05) is 11.8 Å². The number of carbonyl (C=O) groups is 1. The number of nitrogens with two attached hydrogens (primary N) is 1. The maximum absolute atomic E-state index is 12.5. The van der Waals surface area contributed by atoms with Crippen molar-refractivity contribution in [2.45, 2.75) is 52.0 Å². The van der Waals surface area contributed by atoms with Gasteiger partial charge in [-0.25, -0.2) is 0 Å². The van der Waals surface area contributed by atoms with Crippen LogP contribution in [0, 0.1) is 5.92 Å². The summed E-state index contributed by atoms with van der Waals surface area (Å²) in [4.78, 5) is 14.3. The molecule has 0 bridgehead atoms. The first-order valence-electron chi connectivity index (χ1n) is 8.08. The number of methoxy groups -OCH3 is 2. The van der Waals surface area contributed by atoms with E-state index in [0.29, 0.717) is 38.6 Å². The van der Waals surface area contributed by atoms with E-state index < -0.39 is 0 Å². The molecular formula is C16H34N2O3. The number of carbonyl (C=O) groups excluding carboxylic acids is 1. The Kier molecular flexibility index (Phi) is 12.6. The van der Waals surface area contributed by atoms with E-state index >= 15 is 0 Å². The van der Waals surface area contributed by atoms with Crippen LogP contribution < -0.4 is 5.73 Å². The molecule has 0 saturated carbocycles. The van der Waals surface area contributed by atoms with Gasteiger partial charge in [0.1, 0.15) is 0 Å². The van der Waals surface area contributed by atoms with Crippen LogP contribution in [0.5, 0.6) is 0 Å². The van der Waals surface area contributed by atoms with Crippen LogP contribution in [0.2, 0.25) is 0 Å². The van der Waals surface area contributed by atoms with Crippen molar-refractivity contribution >= 4 is 5.91 Å². The molecule has 0 aliphatic carbocycles. The number of ether oxygens (including phenoxy) is 2. The minimum absolute atomic E-state index is 0.0804. The van der Waals surface area contributed by atoms with Crippen molar-refractivity contribution in [3.8, 4) is 0 Å². The Morgan fingerprint density at radius 1 is 1.19 bits per heavy atom. The summed E-state index contributed by atoms with van der Waals surface area (Å²) in [5.74, 6) is 0.751. The lowest BCUT2D eigenvalue weighted by molar-refractivity contribution is -0.135. The summed E-state index contributed by atoms with van der Waals surface area (Å²) in [6.07, 6.45) is 4.81. The molecule has 126 valence electrons. The van der Waals surface area contributed by atoms with Crippen molar-refractivity contribution in [2.24, 2.45) is 11.7 Å². The Labute approximate surface area is 130 Å². The Bertz CT molecular complexity index is 256. The molecule has 2 unspecified atom stereocenters. The van der Waals surface area contributed by atoms with E-state index in [4.69, 9.17) is 15.2 Å². The summed E-state index contributed by atoms with van der Waals surface area (Å²) in [6, 6.07) is 0.0804. The minimum Gasteiger partial charge on any atom is -0.383 e. The summed E-state index contributed by atoms with van der Waals surface area (Å²) in [7, 11) is 3.32. The molecule has 0 fully saturated rings. The van der Waals surface area contributed by atoms with Gasteiger partial charge in [0.25, 0.3) is 0 Å². The highest BCUT2D eigenvalue weighted by Crippen LogP contribution is 2.18. The first-order chi connectivity index (χ1) is 10.1. The van der Waals surface area contributed by atoms with Gasteiger partial charge < -0.3 is 20.1 Å². The Morgan fingerprint density at radius 3 is 2.43 bits per heavy atom. The summed E-state index contributed by atoms with van der Waals surface area (Å²) >= 11 is 0. The first-order valence-corrected chi connectivity index (χ1v) is 8.08. The fraction of sp³-hybridized carbons (Fsp3) is 0.938. The topological polar surface area (TPSA) is 64.8 Å². The number of hydrogen-bond donors (Lipinski definition) is 1. The molecule has 21 heavy (non-hydrogen) atoms. The molecule has 5 nitrogen and oxygen atoms in total. The lowest BCUT2D eigenvalue weighted by Gasteiger charge is -2.29. The monoisotopic (exact) mass is 302 g/mol. The van der Waals surface area contributed by atoms with Gasteiger partial charge in [-0.2, -0.15) is 0 Å². The first kappa shape index (κ1) is 20.3. The standard InChI is InChI=1S/C16H34N2O3/c1-5-6-15(9-10-17)7-8-16(19)18(11-12-20-3)14(2)13-21-4/h14-15H,5-13,17H2,1-4H3. The maximum atomic E-state index is 12.5. The zero-order valence-corrected chi connectivity index (χ0v) is 14.3. The molecule has 0 saturated heterocycles. The van der Waals surface area contributed by atoms with E-state index in [1.54, 1.807) is 14.2 Å². The van der Waals surface area contributed by atoms with Crippen LogP contribution in [0.15, 0.2) is 0 Å². The second kappa shape index (κ2) is 13.0. The van der Waals surface area contributed by atoms with Crippen molar-refractivity contribution in [1.29, 1.82) is 0 Å². The van der Waals surface area contributed by atoms with Crippen LogP contribution >= 0.6 is 0 Å². The molecule has 1 amide bonds. The highest BCUT2D eigenvalue weighted by molar-refractivity contribution is 5.76. The number of amides is 1. The fourth-order valence-corrected chi connectivity index (χ4v) is 2.66. The molecule has 0 heterocycles. The number of nitrogens with zero attached hydrogens (tertiary/aromatic N) is 1. The van der Waals surface area contributed by atoms with Gasteiger partial charge in [0.2, 0.25) is 5.91 Å². The van der Waals surface area contributed by atoms with Gasteiger partial charge in [-0.3, -0.25) is 4.79 Å². The molecule has 0 aromatic rings. The van der Waals surface area contributed by atoms with E-state index in [-0.39, 0.29) is 11.9 Å². The average molecular weight is 302 g/mol. The number of hydrogen-bond acceptors (Lipinski definition) is 4. The Morgan fingerprint density at radius 2 is 1.90 bits per heavy atom. The molecule has 2 atom stereocenters. The van der Waals surface area contributed by atoms with E-state index in [0.717, 1.165) is 25.7 Å². The van der Waals surface area contributed by atoms with Crippen LogP contribution in [0.25, 0.3) is 0 Å². The Balaban J connectivity index is 4.42. The third-order valence-electron chi connectivity index (χ3n) is 3.83. The quantitative estimate of drug-likeness (QED) is 0.565. The molecule has 0 spiro atoms. The smallest absolute Gasteiger partial charge is 0.222 e. The van der Waals surface area contributed by atoms with Crippen molar-refractivity contribution < 1.29 is 14.3 Å². The summed E-state index contributed by atoms with van der Waals surface area (Å²) in [6.45, 7) is 6.62. The van der Waals surface area contributed by atoms with Gasteiger partial charge >= 0.3 is 0 Å². The van der Waals surface area contributed by atoms with Crippen molar-refractivity contribution in [1.82, 2.24) is 4.90 Å². The number of rotatable bonds is 13. The predicted octanol–water partition coefficient (Wildman–Crippen LogP) is 2.04.